The summed E-state index contributed by atoms with van der Waals surface area (Å²) in [5.74, 6) is -0.0432. The van der Waals surface area contributed by atoms with Crippen molar-refractivity contribution in [2.45, 2.75) is 33.6 Å². The summed E-state index contributed by atoms with van der Waals surface area (Å²) in [4.78, 5) is 22.4. The first-order chi connectivity index (χ1) is 19.4. The zero-order chi connectivity index (χ0) is 28.1. The maximum absolute atomic E-state index is 12.9. The lowest BCUT2D eigenvalue weighted by atomic mass is 9.91. The Hall–Kier alpha value is -3.91. The van der Waals surface area contributed by atoms with Crippen molar-refractivity contribution in [3.8, 4) is 11.1 Å². The number of anilines is 4. The zero-order valence-electron chi connectivity index (χ0n) is 23.7. The third-order valence-electron chi connectivity index (χ3n) is 7.49. The monoisotopic (exact) mass is 541 g/mol. The molecule has 3 aromatic rings. The Morgan fingerprint density at radius 1 is 1.00 bits per heavy atom. The highest BCUT2D eigenvalue weighted by Crippen LogP contribution is 2.35. The Labute approximate surface area is 236 Å². The number of hydrogen-bond acceptors (Lipinski definition) is 8. The third-order valence-corrected chi connectivity index (χ3v) is 7.49. The average molecular weight is 542 g/mol. The molecule has 2 aromatic carbocycles. The average Bonchev–Trinajstić information content (AvgIpc) is 3.53. The van der Waals surface area contributed by atoms with Crippen molar-refractivity contribution in [1.82, 2.24) is 4.98 Å². The van der Waals surface area contributed by atoms with E-state index in [1.807, 2.05) is 26.0 Å². The van der Waals surface area contributed by atoms with E-state index in [0.717, 1.165) is 67.6 Å². The van der Waals surface area contributed by atoms with E-state index < -0.39 is 5.97 Å². The molecule has 3 heterocycles. The molecule has 0 atom stereocenters. The quantitative estimate of drug-likeness (QED) is 0.249. The number of benzene rings is 2. The summed E-state index contributed by atoms with van der Waals surface area (Å²) >= 11 is 0. The normalized spacial score (nSPS) is 15.4. The van der Waals surface area contributed by atoms with E-state index in [4.69, 9.17) is 19.9 Å². The second-order valence-corrected chi connectivity index (χ2v) is 10.6. The van der Waals surface area contributed by atoms with Crippen LogP contribution in [0.2, 0.25) is 0 Å². The summed E-state index contributed by atoms with van der Waals surface area (Å²) in [6.45, 7) is 11.3. The fourth-order valence-corrected chi connectivity index (χ4v) is 5.30. The molecule has 210 valence electrons. The fraction of sp³-hybridized carbons (Fsp3) is 0.406. The van der Waals surface area contributed by atoms with Crippen LogP contribution in [0.15, 0.2) is 54.6 Å². The van der Waals surface area contributed by atoms with Crippen molar-refractivity contribution >= 4 is 34.6 Å². The molecule has 8 nitrogen and oxygen atoms in total. The fourth-order valence-electron chi connectivity index (χ4n) is 5.30. The van der Waals surface area contributed by atoms with Gasteiger partial charge in [0.15, 0.2) is 5.69 Å². The second kappa shape index (κ2) is 12.5. The van der Waals surface area contributed by atoms with Gasteiger partial charge in [0.25, 0.3) is 0 Å². The number of ether oxygens (including phenoxy) is 2. The zero-order valence-corrected chi connectivity index (χ0v) is 23.7. The minimum absolute atomic E-state index is 0.0434. The Kier molecular flexibility index (Phi) is 8.65. The summed E-state index contributed by atoms with van der Waals surface area (Å²) in [7, 11) is 0. The van der Waals surface area contributed by atoms with Crippen LogP contribution in [0, 0.1) is 11.3 Å². The van der Waals surface area contributed by atoms with Crippen LogP contribution in [-0.4, -0.2) is 62.7 Å². The highest BCUT2D eigenvalue weighted by molar-refractivity contribution is 6.10. The molecule has 0 spiro atoms. The summed E-state index contributed by atoms with van der Waals surface area (Å²) in [5, 5.41) is 12.6. The van der Waals surface area contributed by atoms with E-state index in [9.17, 15) is 4.79 Å². The highest BCUT2D eigenvalue weighted by atomic mass is 16.5. The van der Waals surface area contributed by atoms with Crippen LogP contribution in [0.3, 0.4) is 0 Å². The van der Waals surface area contributed by atoms with Crippen molar-refractivity contribution < 1.29 is 14.3 Å². The smallest absolute Gasteiger partial charge is 0.357 e. The molecular weight excluding hydrogens is 502 g/mol. The maximum atomic E-state index is 12.9. The molecule has 0 amide bonds. The minimum atomic E-state index is -0.481. The van der Waals surface area contributed by atoms with Crippen LogP contribution >= 0.6 is 0 Å². The van der Waals surface area contributed by atoms with Gasteiger partial charge in [0.05, 0.1) is 19.8 Å². The van der Waals surface area contributed by atoms with Crippen LogP contribution in [0.1, 0.15) is 49.7 Å². The molecule has 2 aliphatic heterocycles. The van der Waals surface area contributed by atoms with Gasteiger partial charge in [-0.3, -0.25) is 0 Å². The summed E-state index contributed by atoms with van der Waals surface area (Å²) < 4.78 is 10.9. The molecule has 2 aliphatic rings. The van der Waals surface area contributed by atoms with Gasteiger partial charge in [-0.25, -0.2) is 9.78 Å². The van der Waals surface area contributed by atoms with Gasteiger partial charge in [0.2, 0.25) is 0 Å². The van der Waals surface area contributed by atoms with Crippen molar-refractivity contribution in [2.24, 2.45) is 5.92 Å². The Morgan fingerprint density at radius 2 is 1.70 bits per heavy atom. The van der Waals surface area contributed by atoms with Crippen molar-refractivity contribution in [1.29, 1.82) is 5.41 Å². The summed E-state index contributed by atoms with van der Waals surface area (Å²) in [6, 6.07) is 18.3. The van der Waals surface area contributed by atoms with Gasteiger partial charge in [-0.1, -0.05) is 32.0 Å². The molecule has 2 N–H and O–H groups in total. The van der Waals surface area contributed by atoms with Crippen LogP contribution in [0.4, 0.5) is 22.9 Å². The predicted molar refractivity (Wildman–Crippen MR) is 161 cm³/mol. The predicted octanol–water partition coefficient (Wildman–Crippen LogP) is 6.13. The van der Waals surface area contributed by atoms with E-state index in [0.29, 0.717) is 17.1 Å². The van der Waals surface area contributed by atoms with Gasteiger partial charge in [0.1, 0.15) is 5.82 Å². The number of aromatic nitrogens is 1. The summed E-state index contributed by atoms with van der Waals surface area (Å²) in [6.07, 6.45) is 2.40. The lowest BCUT2D eigenvalue weighted by Crippen LogP contribution is -2.36. The molecule has 0 unspecified atom stereocenters. The second-order valence-electron chi connectivity index (χ2n) is 10.6. The molecule has 2 saturated heterocycles. The highest BCUT2D eigenvalue weighted by Gasteiger charge is 2.24. The number of carbonyl (C=O) groups excluding carboxylic acids is 1. The Balaban J connectivity index is 1.59. The molecule has 1 aromatic heterocycles. The number of hydrogen-bond donors (Lipinski definition) is 2. The van der Waals surface area contributed by atoms with Gasteiger partial charge in [0, 0.05) is 54.5 Å². The third kappa shape index (κ3) is 6.12. The minimum Gasteiger partial charge on any atom is -0.461 e. The van der Waals surface area contributed by atoms with Gasteiger partial charge < -0.3 is 30.0 Å². The number of pyridine rings is 1. The van der Waals surface area contributed by atoms with Crippen LogP contribution < -0.4 is 15.1 Å². The maximum Gasteiger partial charge on any atom is 0.357 e. The molecule has 0 bridgehead atoms. The van der Waals surface area contributed by atoms with Crippen molar-refractivity contribution in [2.75, 3.05) is 61.1 Å². The summed E-state index contributed by atoms with van der Waals surface area (Å²) in [5.41, 5.74) is 6.20. The number of carbonyl (C=O) groups is 1. The van der Waals surface area contributed by atoms with Gasteiger partial charge in [-0.05, 0) is 73.2 Å². The van der Waals surface area contributed by atoms with Crippen molar-refractivity contribution in [3.05, 3.63) is 65.9 Å². The van der Waals surface area contributed by atoms with Crippen LogP contribution in [-0.2, 0) is 9.47 Å². The van der Waals surface area contributed by atoms with E-state index in [2.05, 4.69) is 51.5 Å². The molecule has 2 fully saturated rings. The molecular formula is C32H39N5O3. The van der Waals surface area contributed by atoms with E-state index >= 15 is 0 Å². The Bertz CT molecular complexity index is 1340. The Morgan fingerprint density at radius 3 is 2.38 bits per heavy atom. The number of nitrogens with zero attached hydrogens (tertiary/aromatic N) is 3. The molecule has 0 saturated carbocycles. The van der Waals surface area contributed by atoms with Gasteiger partial charge in [-0.2, -0.15) is 0 Å². The molecule has 40 heavy (non-hydrogen) atoms. The van der Waals surface area contributed by atoms with Crippen molar-refractivity contribution in [3.63, 3.8) is 0 Å². The molecule has 0 radical (unpaired) electrons. The number of morpholine rings is 1. The van der Waals surface area contributed by atoms with E-state index in [-0.39, 0.29) is 18.2 Å². The lowest BCUT2D eigenvalue weighted by molar-refractivity contribution is 0.0519. The standard InChI is InChI=1S/C32H39N5O3/c1-4-40-32(38)28-21-27(23-10-12-25(13-11-23)37-16-18-39-19-17-37)29(30(33)22(2)3)31(35-28)34-24-8-7-9-26(20-24)36-14-5-6-15-36/h7-13,20-22,33H,4-6,14-19H2,1-3H3,(H,34,35). The van der Waals surface area contributed by atoms with Crippen LogP contribution in [0.25, 0.3) is 11.1 Å². The first kappa shape index (κ1) is 27.6. The van der Waals surface area contributed by atoms with Gasteiger partial charge in [-0.15, -0.1) is 0 Å². The first-order valence-corrected chi connectivity index (χ1v) is 14.3. The van der Waals surface area contributed by atoms with E-state index in [1.165, 1.54) is 12.8 Å². The topological polar surface area (TPSA) is 90.8 Å². The molecule has 0 aliphatic carbocycles. The molecule has 8 heteroatoms. The van der Waals surface area contributed by atoms with E-state index in [1.54, 1.807) is 13.0 Å². The van der Waals surface area contributed by atoms with Crippen LogP contribution in [0.5, 0.6) is 0 Å². The largest absolute Gasteiger partial charge is 0.461 e. The van der Waals surface area contributed by atoms with Gasteiger partial charge >= 0.3 is 5.97 Å². The lowest BCUT2D eigenvalue weighted by Gasteiger charge is -2.29. The first-order valence-electron chi connectivity index (χ1n) is 14.3. The number of nitrogens with one attached hydrogen (secondary N) is 2. The number of esters is 1. The SMILES string of the molecule is CCOC(=O)c1cc(-c2ccc(N3CCOCC3)cc2)c(C(=N)C(C)C)c(Nc2cccc(N3CCCC3)c2)n1. The number of rotatable bonds is 9. The molecule has 5 rings (SSSR count).